The molecule has 1 saturated carbocycles. The molecular formula is C16H22N2O. The molecule has 0 heterocycles. The van der Waals surface area contributed by atoms with Crippen molar-refractivity contribution in [2.45, 2.75) is 38.6 Å². The summed E-state index contributed by atoms with van der Waals surface area (Å²) in [6.07, 6.45) is 2.25. The fraction of sp³-hybridized carbons (Fsp3) is 0.562. The third-order valence-corrected chi connectivity index (χ3v) is 3.85. The minimum Gasteiger partial charge on any atom is -0.496 e. The Balaban J connectivity index is 1.85. The lowest BCUT2D eigenvalue weighted by atomic mass is 9.75. The Labute approximate surface area is 115 Å². The summed E-state index contributed by atoms with van der Waals surface area (Å²) in [6.45, 7) is 4.69. The van der Waals surface area contributed by atoms with Crippen LogP contribution in [0.5, 0.6) is 5.75 Å². The second kappa shape index (κ2) is 5.63. The average molecular weight is 258 g/mol. The predicted octanol–water partition coefficient (Wildman–Crippen LogP) is 3.08. The van der Waals surface area contributed by atoms with Gasteiger partial charge in [-0.1, -0.05) is 18.2 Å². The van der Waals surface area contributed by atoms with Crippen molar-refractivity contribution in [2.24, 2.45) is 5.41 Å². The maximum atomic E-state index is 8.99. The van der Waals surface area contributed by atoms with E-state index >= 15 is 0 Å². The van der Waals surface area contributed by atoms with E-state index < -0.39 is 0 Å². The van der Waals surface area contributed by atoms with E-state index in [1.54, 1.807) is 7.11 Å². The third-order valence-electron chi connectivity index (χ3n) is 3.85. The number of methoxy groups -OCH3 is 1. The van der Waals surface area contributed by atoms with Gasteiger partial charge in [-0.05, 0) is 44.2 Å². The molecule has 1 aliphatic carbocycles. The van der Waals surface area contributed by atoms with Gasteiger partial charge >= 0.3 is 0 Å². The molecule has 1 aromatic carbocycles. The number of hydrogen-bond acceptors (Lipinski definition) is 3. The number of nitriles is 1. The molecule has 0 amide bonds. The second-order valence-electron chi connectivity index (χ2n) is 5.98. The van der Waals surface area contributed by atoms with E-state index in [1.807, 2.05) is 26.0 Å². The number of para-hydroxylation sites is 1. The Morgan fingerprint density at radius 2 is 2.05 bits per heavy atom. The minimum atomic E-state index is -0.282. The summed E-state index contributed by atoms with van der Waals surface area (Å²) in [6, 6.07) is 11.1. The van der Waals surface area contributed by atoms with Crippen LogP contribution in [0.15, 0.2) is 24.3 Å². The Bertz CT molecular complexity index is 470. The molecule has 0 radical (unpaired) electrons. The van der Waals surface area contributed by atoms with E-state index in [1.165, 1.54) is 5.56 Å². The molecule has 0 aliphatic heterocycles. The van der Waals surface area contributed by atoms with E-state index in [-0.39, 0.29) is 5.41 Å². The lowest BCUT2D eigenvalue weighted by Crippen LogP contribution is -2.43. The Kier molecular flexibility index (Phi) is 4.11. The highest BCUT2D eigenvalue weighted by Gasteiger charge is 2.32. The fourth-order valence-electron chi connectivity index (χ4n) is 2.48. The Hall–Kier alpha value is -1.53. The Morgan fingerprint density at radius 3 is 2.68 bits per heavy atom. The maximum Gasteiger partial charge on any atom is 0.122 e. The van der Waals surface area contributed by atoms with Gasteiger partial charge in [-0.15, -0.1) is 0 Å². The molecule has 3 heteroatoms. The zero-order chi connectivity index (χ0) is 13.9. The quantitative estimate of drug-likeness (QED) is 0.882. The van der Waals surface area contributed by atoms with Crippen LogP contribution in [0.3, 0.4) is 0 Å². The fourth-order valence-corrected chi connectivity index (χ4v) is 2.48. The zero-order valence-electron chi connectivity index (χ0n) is 11.9. The van der Waals surface area contributed by atoms with E-state index in [2.05, 4.69) is 23.5 Å². The molecule has 0 aromatic heterocycles. The van der Waals surface area contributed by atoms with Crippen LogP contribution in [-0.2, 0) is 0 Å². The first-order valence-corrected chi connectivity index (χ1v) is 6.83. The molecule has 1 aliphatic rings. The molecule has 0 spiro atoms. The summed E-state index contributed by atoms with van der Waals surface area (Å²) in [5, 5.41) is 12.5. The number of benzene rings is 1. The largest absolute Gasteiger partial charge is 0.496 e. The van der Waals surface area contributed by atoms with Crippen LogP contribution in [0.2, 0.25) is 0 Å². The lowest BCUT2D eigenvalue weighted by Gasteiger charge is -2.38. The minimum absolute atomic E-state index is 0.282. The van der Waals surface area contributed by atoms with Crippen LogP contribution < -0.4 is 10.1 Å². The molecule has 1 N–H and O–H groups in total. The van der Waals surface area contributed by atoms with Crippen LogP contribution in [-0.4, -0.2) is 19.7 Å². The molecule has 0 unspecified atom stereocenters. The van der Waals surface area contributed by atoms with Crippen LogP contribution in [0.1, 0.15) is 38.2 Å². The van der Waals surface area contributed by atoms with Crippen molar-refractivity contribution in [1.82, 2.24) is 5.32 Å². The predicted molar refractivity (Wildman–Crippen MR) is 76.2 cm³/mol. The van der Waals surface area contributed by atoms with Crippen molar-refractivity contribution in [2.75, 3.05) is 13.7 Å². The van der Waals surface area contributed by atoms with E-state index in [9.17, 15) is 0 Å². The van der Waals surface area contributed by atoms with Gasteiger partial charge in [0.25, 0.3) is 0 Å². The normalized spacial score (nSPS) is 22.4. The van der Waals surface area contributed by atoms with Crippen molar-refractivity contribution in [3.05, 3.63) is 29.8 Å². The van der Waals surface area contributed by atoms with Crippen LogP contribution in [0, 0.1) is 16.7 Å². The van der Waals surface area contributed by atoms with E-state index in [4.69, 9.17) is 10.00 Å². The van der Waals surface area contributed by atoms with Crippen LogP contribution in [0.25, 0.3) is 0 Å². The number of hydrogen-bond donors (Lipinski definition) is 1. The highest BCUT2D eigenvalue weighted by atomic mass is 16.5. The third kappa shape index (κ3) is 3.27. The highest BCUT2D eigenvalue weighted by molar-refractivity contribution is 5.37. The smallest absolute Gasteiger partial charge is 0.122 e. The monoisotopic (exact) mass is 258 g/mol. The van der Waals surface area contributed by atoms with Crippen molar-refractivity contribution in [1.29, 1.82) is 5.26 Å². The Morgan fingerprint density at radius 1 is 1.37 bits per heavy atom. The SMILES string of the molecule is COc1ccccc1C1CC(NCC(C)(C)C#N)C1. The van der Waals surface area contributed by atoms with Crippen molar-refractivity contribution in [3.8, 4) is 11.8 Å². The lowest BCUT2D eigenvalue weighted by molar-refractivity contribution is 0.262. The molecule has 1 aromatic rings. The number of ether oxygens (including phenoxy) is 1. The maximum absolute atomic E-state index is 8.99. The van der Waals surface area contributed by atoms with Gasteiger partial charge in [-0.25, -0.2) is 0 Å². The van der Waals surface area contributed by atoms with Gasteiger partial charge < -0.3 is 10.1 Å². The van der Waals surface area contributed by atoms with Crippen molar-refractivity contribution >= 4 is 0 Å². The number of nitrogens with one attached hydrogen (secondary N) is 1. The zero-order valence-corrected chi connectivity index (χ0v) is 11.9. The number of nitrogens with zero attached hydrogens (tertiary/aromatic N) is 1. The van der Waals surface area contributed by atoms with Gasteiger partial charge in [0.1, 0.15) is 5.75 Å². The van der Waals surface area contributed by atoms with Crippen LogP contribution in [0.4, 0.5) is 0 Å². The van der Waals surface area contributed by atoms with Gasteiger partial charge in [-0.3, -0.25) is 0 Å². The van der Waals surface area contributed by atoms with Crippen molar-refractivity contribution < 1.29 is 4.74 Å². The summed E-state index contributed by atoms with van der Waals surface area (Å²) in [7, 11) is 1.72. The van der Waals surface area contributed by atoms with E-state index in [0.29, 0.717) is 12.0 Å². The van der Waals surface area contributed by atoms with Gasteiger partial charge in [-0.2, -0.15) is 5.26 Å². The second-order valence-corrected chi connectivity index (χ2v) is 5.98. The molecule has 19 heavy (non-hydrogen) atoms. The molecule has 0 bridgehead atoms. The molecule has 2 rings (SSSR count). The van der Waals surface area contributed by atoms with Crippen molar-refractivity contribution in [3.63, 3.8) is 0 Å². The van der Waals surface area contributed by atoms with Gasteiger partial charge in [0.2, 0.25) is 0 Å². The highest BCUT2D eigenvalue weighted by Crippen LogP contribution is 2.41. The molecule has 1 fully saturated rings. The molecule has 0 saturated heterocycles. The van der Waals surface area contributed by atoms with Crippen LogP contribution >= 0.6 is 0 Å². The molecular weight excluding hydrogens is 236 g/mol. The topological polar surface area (TPSA) is 45.0 Å². The number of rotatable bonds is 5. The first-order valence-electron chi connectivity index (χ1n) is 6.83. The first kappa shape index (κ1) is 13.9. The molecule has 102 valence electrons. The summed E-state index contributed by atoms with van der Waals surface area (Å²) in [5.41, 5.74) is 1.03. The van der Waals surface area contributed by atoms with Gasteiger partial charge in [0.05, 0.1) is 18.6 Å². The average Bonchev–Trinajstić information content (AvgIpc) is 2.37. The summed E-state index contributed by atoms with van der Waals surface area (Å²) in [4.78, 5) is 0. The first-order chi connectivity index (χ1) is 9.05. The summed E-state index contributed by atoms with van der Waals surface area (Å²) >= 11 is 0. The standard InChI is InChI=1S/C16H22N2O/c1-16(2,10-17)11-18-13-8-12(9-13)14-6-4-5-7-15(14)19-3/h4-7,12-13,18H,8-9,11H2,1-3H3. The summed E-state index contributed by atoms with van der Waals surface area (Å²) < 4.78 is 5.41. The molecule has 0 atom stereocenters. The summed E-state index contributed by atoms with van der Waals surface area (Å²) in [5.74, 6) is 1.57. The van der Waals surface area contributed by atoms with Gasteiger partial charge in [0, 0.05) is 12.6 Å². The van der Waals surface area contributed by atoms with E-state index in [0.717, 1.165) is 25.1 Å². The molecule has 3 nitrogen and oxygen atoms in total. The van der Waals surface area contributed by atoms with Gasteiger partial charge in [0.15, 0.2) is 0 Å².